The van der Waals surface area contributed by atoms with E-state index in [9.17, 15) is 0 Å². The first-order chi connectivity index (χ1) is 4.12. The molecule has 1 heteroatoms. The van der Waals surface area contributed by atoms with Gasteiger partial charge in [-0.2, -0.15) is 0 Å². The van der Waals surface area contributed by atoms with E-state index in [0.717, 1.165) is 6.42 Å². The number of hydrogen-bond donors (Lipinski definition) is 1. The third-order valence-electron chi connectivity index (χ3n) is 1.21. The number of rotatable bonds is 3. The highest BCUT2D eigenvalue weighted by molar-refractivity contribution is 4.93. The Hall–Kier alpha value is -0.300. The zero-order valence-corrected chi connectivity index (χ0v) is 6.52. The normalized spacial score (nSPS) is 12.9. The fourth-order valence-electron chi connectivity index (χ4n) is 0.490. The topological polar surface area (TPSA) is 20.2 Å². The molecule has 0 bridgehead atoms. The molecule has 0 saturated carbocycles. The molecule has 0 aromatic carbocycles. The molecule has 0 aliphatic heterocycles. The van der Waals surface area contributed by atoms with Gasteiger partial charge < -0.3 is 5.11 Å². The van der Waals surface area contributed by atoms with Crippen molar-refractivity contribution >= 4 is 0 Å². The summed E-state index contributed by atoms with van der Waals surface area (Å²) in [5, 5.41) is 8.77. The third kappa shape index (κ3) is 4.22. The maximum Gasteiger partial charge on any atom is 0.0516 e. The van der Waals surface area contributed by atoms with Crippen molar-refractivity contribution in [3.63, 3.8) is 0 Å². The van der Waals surface area contributed by atoms with Crippen molar-refractivity contribution in [1.29, 1.82) is 0 Å². The fraction of sp³-hybridized carbons (Fsp3) is 0.750. The highest BCUT2D eigenvalue weighted by Gasteiger charge is 2.09. The first-order valence-electron chi connectivity index (χ1n) is 3.41. The monoisotopic (exact) mass is 128 g/mol. The molecule has 0 aromatic rings. The average molecular weight is 128 g/mol. The Morgan fingerprint density at radius 2 is 2.00 bits per heavy atom. The van der Waals surface area contributed by atoms with Crippen molar-refractivity contribution in [3.8, 4) is 0 Å². The zero-order chi connectivity index (χ0) is 7.33. The van der Waals surface area contributed by atoms with E-state index in [1.54, 1.807) is 0 Å². The summed E-state index contributed by atoms with van der Waals surface area (Å²) in [6, 6.07) is 0. The number of allylic oxidation sites excluding steroid dienone is 1. The molecule has 9 heavy (non-hydrogen) atoms. The first kappa shape index (κ1) is 8.70. The van der Waals surface area contributed by atoms with Crippen LogP contribution in [0, 0.1) is 5.41 Å². The maximum absolute atomic E-state index is 8.77. The van der Waals surface area contributed by atoms with E-state index in [0.29, 0.717) is 0 Å². The molecule has 0 amide bonds. The lowest BCUT2D eigenvalue weighted by atomic mass is 9.94. The molecule has 0 aliphatic carbocycles. The lowest BCUT2D eigenvalue weighted by molar-refractivity contribution is 0.199. The zero-order valence-electron chi connectivity index (χ0n) is 6.52. The van der Waals surface area contributed by atoms with Crippen LogP contribution in [0.15, 0.2) is 12.2 Å². The van der Waals surface area contributed by atoms with Gasteiger partial charge >= 0.3 is 0 Å². The van der Waals surface area contributed by atoms with Gasteiger partial charge in [-0.05, 0) is 6.42 Å². The average Bonchev–Trinajstić information content (AvgIpc) is 1.84. The SMILES string of the molecule is CCC=CC(C)(C)CO. The Labute approximate surface area is 57.4 Å². The van der Waals surface area contributed by atoms with Gasteiger partial charge in [0, 0.05) is 5.41 Å². The Morgan fingerprint density at radius 3 is 2.33 bits per heavy atom. The minimum atomic E-state index is -0.0317. The summed E-state index contributed by atoms with van der Waals surface area (Å²) in [5.74, 6) is 0. The van der Waals surface area contributed by atoms with Crippen LogP contribution in [-0.4, -0.2) is 11.7 Å². The Morgan fingerprint density at radius 1 is 1.44 bits per heavy atom. The Kier molecular flexibility index (Phi) is 3.55. The second-order valence-corrected chi connectivity index (χ2v) is 2.96. The molecule has 0 heterocycles. The van der Waals surface area contributed by atoms with Crippen molar-refractivity contribution in [2.24, 2.45) is 5.41 Å². The minimum Gasteiger partial charge on any atom is -0.395 e. The van der Waals surface area contributed by atoms with Crippen LogP contribution < -0.4 is 0 Å². The highest BCUT2D eigenvalue weighted by atomic mass is 16.3. The van der Waals surface area contributed by atoms with Gasteiger partial charge in [0.05, 0.1) is 6.61 Å². The van der Waals surface area contributed by atoms with Crippen LogP contribution in [0.4, 0.5) is 0 Å². The van der Waals surface area contributed by atoms with Crippen molar-refractivity contribution in [2.45, 2.75) is 27.2 Å². The molecule has 0 saturated heterocycles. The molecule has 0 unspecified atom stereocenters. The lowest BCUT2D eigenvalue weighted by Gasteiger charge is -2.15. The van der Waals surface area contributed by atoms with Gasteiger partial charge in [0.25, 0.3) is 0 Å². The summed E-state index contributed by atoms with van der Waals surface area (Å²) in [4.78, 5) is 0. The van der Waals surface area contributed by atoms with Crippen molar-refractivity contribution in [3.05, 3.63) is 12.2 Å². The molecule has 0 atom stereocenters. The van der Waals surface area contributed by atoms with Gasteiger partial charge in [0.1, 0.15) is 0 Å². The highest BCUT2D eigenvalue weighted by Crippen LogP contribution is 2.14. The van der Waals surface area contributed by atoms with Crippen LogP contribution in [0.3, 0.4) is 0 Å². The Balaban J connectivity index is 3.70. The third-order valence-corrected chi connectivity index (χ3v) is 1.21. The van der Waals surface area contributed by atoms with Crippen molar-refractivity contribution < 1.29 is 5.11 Å². The van der Waals surface area contributed by atoms with Gasteiger partial charge in [0.2, 0.25) is 0 Å². The van der Waals surface area contributed by atoms with Crippen LogP contribution in [0.5, 0.6) is 0 Å². The van der Waals surface area contributed by atoms with E-state index in [1.165, 1.54) is 0 Å². The summed E-state index contributed by atoms with van der Waals surface area (Å²) in [7, 11) is 0. The van der Waals surface area contributed by atoms with Crippen LogP contribution in [-0.2, 0) is 0 Å². The quantitative estimate of drug-likeness (QED) is 0.576. The smallest absolute Gasteiger partial charge is 0.0516 e. The Bertz CT molecular complexity index is 92.7. The van der Waals surface area contributed by atoms with Gasteiger partial charge in [0.15, 0.2) is 0 Å². The van der Waals surface area contributed by atoms with Crippen LogP contribution in [0.2, 0.25) is 0 Å². The fourth-order valence-corrected chi connectivity index (χ4v) is 0.490. The number of hydrogen-bond acceptors (Lipinski definition) is 1. The van der Waals surface area contributed by atoms with E-state index < -0.39 is 0 Å². The molecular weight excluding hydrogens is 112 g/mol. The molecule has 0 fully saturated rings. The molecule has 0 aliphatic rings. The van der Waals surface area contributed by atoms with E-state index in [-0.39, 0.29) is 12.0 Å². The number of aliphatic hydroxyl groups excluding tert-OH is 1. The summed E-state index contributed by atoms with van der Waals surface area (Å²) < 4.78 is 0. The van der Waals surface area contributed by atoms with E-state index in [2.05, 4.69) is 13.0 Å². The number of aliphatic hydroxyl groups is 1. The van der Waals surface area contributed by atoms with Crippen LogP contribution in [0.1, 0.15) is 27.2 Å². The second kappa shape index (κ2) is 3.67. The molecule has 0 spiro atoms. The van der Waals surface area contributed by atoms with E-state index in [1.807, 2.05) is 19.9 Å². The van der Waals surface area contributed by atoms with Crippen molar-refractivity contribution in [2.75, 3.05) is 6.61 Å². The lowest BCUT2D eigenvalue weighted by Crippen LogP contribution is -2.12. The largest absolute Gasteiger partial charge is 0.395 e. The maximum atomic E-state index is 8.77. The predicted octanol–water partition coefficient (Wildman–Crippen LogP) is 1.97. The predicted molar refractivity (Wildman–Crippen MR) is 40.3 cm³/mol. The van der Waals surface area contributed by atoms with Gasteiger partial charge in [-0.15, -0.1) is 0 Å². The molecule has 54 valence electrons. The molecular formula is C8H16O. The van der Waals surface area contributed by atoms with Gasteiger partial charge in [-0.1, -0.05) is 32.9 Å². The van der Waals surface area contributed by atoms with E-state index >= 15 is 0 Å². The van der Waals surface area contributed by atoms with Gasteiger partial charge in [-0.3, -0.25) is 0 Å². The molecule has 0 radical (unpaired) electrons. The minimum absolute atomic E-state index is 0.0317. The second-order valence-electron chi connectivity index (χ2n) is 2.96. The summed E-state index contributed by atoms with van der Waals surface area (Å²) in [6.07, 6.45) is 5.17. The van der Waals surface area contributed by atoms with E-state index in [4.69, 9.17) is 5.11 Å². The molecule has 1 nitrogen and oxygen atoms in total. The first-order valence-corrected chi connectivity index (χ1v) is 3.41. The standard InChI is InChI=1S/C8H16O/c1-4-5-6-8(2,3)7-9/h5-6,9H,4,7H2,1-3H3. The summed E-state index contributed by atoms with van der Waals surface area (Å²) >= 11 is 0. The van der Waals surface area contributed by atoms with Gasteiger partial charge in [-0.25, -0.2) is 0 Å². The summed E-state index contributed by atoms with van der Waals surface area (Å²) in [5.41, 5.74) is -0.0317. The molecule has 1 N–H and O–H groups in total. The van der Waals surface area contributed by atoms with Crippen LogP contribution >= 0.6 is 0 Å². The van der Waals surface area contributed by atoms with Crippen molar-refractivity contribution in [1.82, 2.24) is 0 Å². The molecule has 0 aromatic heterocycles. The van der Waals surface area contributed by atoms with Crippen LogP contribution in [0.25, 0.3) is 0 Å². The molecule has 0 rings (SSSR count). The summed E-state index contributed by atoms with van der Waals surface area (Å²) in [6.45, 7) is 6.34.